The number of fused-ring (bicyclic) bond motifs is 4. The number of aromatic nitrogens is 2. The molecule has 1 atom stereocenters. The van der Waals surface area contributed by atoms with Gasteiger partial charge in [-0.2, -0.15) is 0 Å². The van der Waals surface area contributed by atoms with Gasteiger partial charge in [0.2, 0.25) is 0 Å². The fourth-order valence-electron chi connectivity index (χ4n) is 5.27. The third-order valence-electron chi connectivity index (χ3n) is 7.58. The Bertz CT molecular complexity index is 1470. The zero-order valence-corrected chi connectivity index (χ0v) is 27.2. The molecule has 1 saturated heterocycles. The molecule has 238 valence electrons. The molecule has 3 N–H and O–H groups in total. The minimum atomic E-state index is -0.205. The minimum Gasteiger partial charge on any atom is -0.493 e. The largest absolute Gasteiger partial charge is 0.493 e. The van der Waals surface area contributed by atoms with Gasteiger partial charge in [-0.25, -0.2) is 9.79 Å². The number of pyridine rings is 2. The summed E-state index contributed by atoms with van der Waals surface area (Å²) < 4.78 is 6.37. The van der Waals surface area contributed by atoms with Gasteiger partial charge in [-0.15, -0.1) is 6.58 Å². The number of aryl methyl sites for hydroxylation is 2. The average molecular weight is 630 g/mol. The number of benzene rings is 1. The SMILES string of the molecule is C/C=C(Cl)\C1=N/C(C)Nc2cncc(c2)CCc2cc(ccc2OCCC2CCN(C(=O)Nc3cccnc3)CC2)N1.C=CC. The first kappa shape index (κ1) is 33.5. The van der Waals surface area contributed by atoms with E-state index in [0.717, 1.165) is 73.4 Å². The van der Waals surface area contributed by atoms with Crippen molar-refractivity contribution in [3.8, 4) is 5.75 Å². The van der Waals surface area contributed by atoms with Crippen LogP contribution in [-0.4, -0.2) is 52.6 Å². The molecule has 9 nitrogen and oxygen atoms in total. The molecule has 4 heterocycles. The van der Waals surface area contributed by atoms with Crippen LogP contribution >= 0.6 is 11.6 Å². The van der Waals surface area contributed by atoms with Gasteiger partial charge < -0.3 is 25.6 Å². The summed E-state index contributed by atoms with van der Waals surface area (Å²) in [5, 5.41) is 10.3. The molecule has 1 unspecified atom stereocenters. The molecule has 10 heteroatoms. The van der Waals surface area contributed by atoms with Crippen LogP contribution in [0.15, 0.2) is 89.9 Å². The fraction of sp³-hybridized carbons (Fsp3) is 0.371. The number of rotatable bonds is 6. The number of carbonyl (C=O) groups is 1. The van der Waals surface area contributed by atoms with Gasteiger partial charge in [-0.1, -0.05) is 23.8 Å². The van der Waals surface area contributed by atoms with Crippen molar-refractivity contribution in [1.29, 1.82) is 0 Å². The summed E-state index contributed by atoms with van der Waals surface area (Å²) >= 11 is 6.52. The predicted octanol–water partition coefficient (Wildman–Crippen LogP) is 7.89. The lowest BCUT2D eigenvalue weighted by molar-refractivity contribution is 0.170. The van der Waals surface area contributed by atoms with E-state index in [1.54, 1.807) is 18.5 Å². The monoisotopic (exact) mass is 629 g/mol. The second kappa shape index (κ2) is 17.2. The number of anilines is 3. The van der Waals surface area contributed by atoms with E-state index in [2.05, 4.69) is 44.6 Å². The lowest BCUT2D eigenvalue weighted by atomic mass is 9.94. The summed E-state index contributed by atoms with van der Waals surface area (Å²) in [5.74, 6) is 2.00. The maximum absolute atomic E-state index is 12.6. The first-order valence-corrected chi connectivity index (χ1v) is 15.9. The van der Waals surface area contributed by atoms with Gasteiger partial charge in [0.1, 0.15) is 17.8 Å². The number of hydrogen-bond donors (Lipinski definition) is 3. The summed E-state index contributed by atoms with van der Waals surface area (Å²) in [5.41, 5.74) is 4.80. The van der Waals surface area contributed by atoms with E-state index in [4.69, 9.17) is 21.3 Å². The van der Waals surface area contributed by atoms with Crippen molar-refractivity contribution in [2.45, 2.75) is 59.0 Å². The van der Waals surface area contributed by atoms with Crippen molar-refractivity contribution in [3.63, 3.8) is 0 Å². The van der Waals surface area contributed by atoms with Crippen molar-refractivity contribution in [2.24, 2.45) is 10.9 Å². The third kappa shape index (κ3) is 10.4. The van der Waals surface area contributed by atoms with Gasteiger partial charge in [-0.3, -0.25) is 9.97 Å². The zero-order valence-electron chi connectivity index (χ0n) is 26.4. The van der Waals surface area contributed by atoms with Crippen LogP contribution in [-0.2, 0) is 12.8 Å². The summed E-state index contributed by atoms with van der Waals surface area (Å²) in [4.78, 5) is 27.8. The molecule has 2 aliphatic rings. The van der Waals surface area contributed by atoms with Crippen LogP contribution < -0.4 is 20.7 Å². The number of allylic oxidation sites excluding steroid dienone is 2. The number of likely N-dealkylation sites (tertiary alicyclic amines) is 1. The Morgan fingerprint density at radius 2 is 1.91 bits per heavy atom. The Labute approximate surface area is 271 Å². The third-order valence-corrected chi connectivity index (χ3v) is 7.97. The van der Waals surface area contributed by atoms with Crippen LogP contribution in [0.3, 0.4) is 0 Å². The molecule has 1 fully saturated rings. The highest BCUT2D eigenvalue weighted by Crippen LogP contribution is 2.28. The lowest BCUT2D eigenvalue weighted by Gasteiger charge is -2.32. The number of piperidine rings is 1. The molecule has 1 aromatic carbocycles. The summed E-state index contributed by atoms with van der Waals surface area (Å²) in [7, 11) is 0. The standard InChI is InChI=1S/C32H38ClN7O2.C3H6/c1-3-29(33)31-37-22(2)36-28-17-24(19-35-21-28)6-7-25-18-26(38-31)8-9-30(25)42-16-12-23-10-14-40(15-11-23)32(41)39-27-5-4-13-34-20-27;1-3-2/h3-5,8-9,13,17-23,36H,6-7,10-12,14-16H2,1-2H3,(H,37,38)(H,39,41);3H,1H2,2H3/b29-3+;. The Balaban J connectivity index is 0.00000148. The molecular formula is C35H44ClN7O2. The first-order valence-electron chi connectivity index (χ1n) is 15.5. The van der Waals surface area contributed by atoms with Gasteiger partial charge in [-0.05, 0) is 106 Å². The normalized spacial score (nSPS) is 18.1. The van der Waals surface area contributed by atoms with Crippen LogP contribution in [0.2, 0.25) is 0 Å². The smallest absolute Gasteiger partial charge is 0.321 e. The Kier molecular flexibility index (Phi) is 12.8. The quantitative estimate of drug-likeness (QED) is 0.240. The molecule has 0 aliphatic carbocycles. The number of hydrogen-bond acceptors (Lipinski definition) is 7. The molecule has 0 saturated carbocycles. The Morgan fingerprint density at radius 3 is 2.64 bits per heavy atom. The van der Waals surface area contributed by atoms with E-state index in [1.165, 1.54) is 0 Å². The van der Waals surface area contributed by atoms with Crippen molar-refractivity contribution < 1.29 is 9.53 Å². The van der Waals surface area contributed by atoms with E-state index >= 15 is 0 Å². The maximum atomic E-state index is 12.6. The van der Waals surface area contributed by atoms with Crippen molar-refractivity contribution in [3.05, 3.63) is 96.1 Å². The minimum absolute atomic E-state index is 0.0682. The number of ether oxygens (including phenoxy) is 1. The molecule has 45 heavy (non-hydrogen) atoms. The fourth-order valence-corrected chi connectivity index (χ4v) is 5.37. The molecule has 2 aromatic heterocycles. The van der Waals surface area contributed by atoms with Crippen LogP contribution in [0.25, 0.3) is 0 Å². The number of amides is 2. The van der Waals surface area contributed by atoms with Gasteiger partial charge in [0, 0.05) is 31.2 Å². The number of aliphatic imine (C=N–C) groups is 1. The molecule has 4 bridgehead atoms. The van der Waals surface area contributed by atoms with Crippen LogP contribution in [0.4, 0.5) is 21.9 Å². The Morgan fingerprint density at radius 1 is 1.11 bits per heavy atom. The molecule has 3 aromatic rings. The molecule has 2 aliphatic heterocycles. The van der Waals surface area contributed by atoms with E-state index < -0.39 is 0 Å². The summed E-state index contributed by atoms with van der Waals surface area (Å²) in [6.07, 6.45) is 15.0. The van der Waals surface area contributed by atoms with Crippen molar-refractivity contribution in [2.75, 3.05) is 35.6 Å². The number of carbonyl (C=O) groups excluding carboxylic acids is 1. The predicted molar refractivity (Wildman–Crippen MR) is 185 cm³/mol. The van der Waals surface area contributed by atoms with Crippen LogP contribution in [0.5, 0.6) is 5.75 Å². The lowest BCUT2D eigenvalue weighted by Crippen LogP contribution is -2.41. The van der Waals surface area contributed by atoms with Crippen molar-refractivity contribution in [1.82, 2.24) is 14.9 Å². The second-order valence-corrected chi connectivity index (χ2v) is 11.5. The molecule has 2 amide bonds. The number of nitrogens with one attached hydrogen (secondary N) is 3. The number of nitrogens with zero attached hydrogens (tertiary/aromatic N) is 4. The van der Waals surface area contributed by atoms with Crippen LogP contribution in [0, 0.1) is 5.92 Å². The Hall–Kier alpha value is -4.37. The molecule has 0 spiro atoms. The zero-order chi connectivity index (χ0) is 32.0. The van der Waals surface area contributed by atoms with E-state index in [9.17, 15) is 4.79 Å². The topological polar surface area (TPSA) is 104 Å². The van der Waals surface area contributed by atoms with E-state index in [1.807, 2.05) is 68.4 Å². The highest BCUT2D eigenvalue weighted by molar-refractivity contribution is 6.44. The van der Waals surface area contributed by atoms with Gasteiger partial charge in [0.05, 0.1) is 35.4 Å². The van der Waals surface area contributed by atoms with Gasteiger partial charge in [0.25, 0.3) is 0 Å². The van der Waals surface area contributed by atoms with Gasteiger partial charge >= 0.3 is 6.03 Å². The number of halogens is 1. The van der Waals surface area contributed by atoms with Crippen molar-refractivity contribution >= 4 is 40.5 Å². The highest BCUT2D eigenvalue weighted by atomic mass is 35.5. The average Bonchev–Trinajstić information content (AvgIpc) is 3.05. The maximum Gasteiger partial charge on any atom is 0.321 e. The van der Waals surface area contributed by atoms with E-state index in [-0.39, 0.29) is 12.2 Å². The number of urea groups is 1. The highest BCUT2D eigenvalue weighted by Gasteiger charge is 2.23. The van der Waals surface area contributed by atoms with Crippen LogP contribution in [0.1, 0.15) is 51.2 Å². The molecule has 0 radical (unpaired) electrons. The molecular weight excluding hydrogens is 586 g/mol. The number of amidine groups is 1. The summed E-state index contributed by atoms with van der Waals surface area (Å²) in [6, 6.07) is 11.9. The second-order valence-electron chi connectivity index (χ2n) is 11.1. The van der Waals surface area contributed by atoms with E-state index in [0.29, 0.717) is 29.1 Å². The molecule has 5 rings (SSSR count). The van der Waals surface area contributed by atoms with Gasteiger partial charge in [0.15, 0.2) is 0 Å². The first-order chi connectivity index (χ1) is 21.9. The summed E-state index contributed by atoms with van der Waals surface area (Å²) in [6.45, 7) is 11.2.